The Balaban J connectivity index is 0.000000319. The molecule has 4 nitrogen and oxygen atoms in total. The number of rotatable bonds is 7. The lowest BCUT2D eigenvalue weighted by molar-refractivity contribution is -0.181. The molecule has 4 rings (SSSR count). The molecule has 1 heterocycles. The summed E-state index contributed by atoms with van der Waals surface area (Å²) in [5.41, 5.74) is 2.67. The standard InChI is InChI=1S/C22H24N2O2S.C7H11F3/c1-4-18-13-17-12-16(8-11-20(17)22(24-18)26-3)21(25)23-14-15-6-9-19(10-7-15)27-5-2;8-7(9,10)6-4-2-1-3-5-6/h6-13H,4-5,14H2,1-3H3,(H,23,25);6H,1-5H2. The Morgan fingerprint density at radius 3 is 2.32 bits per heavy atom. The van der Waals surface area contributed by atoms with Crippen molar-refractivity contribution in [2.75, 3.05) is 12.9 Å². The molecule has 0 radical (unpaired) electrons. The van der Waals surface area contributed by atoms with Crippen LogP contribution in [0.2, 0.25) is 0 Å². The van der Waals surface area contributed by atoms with E-state index in [-0.39, 0.29) is 5.91 Å². The van der Waals surface area contributed by atoms with Gasteiger partial charge in [0.15, 0.2) is 0 Å². The van der Waals surface area contributed by atoms with Gasteiger partial charge in [-0.15, -0.1) is 11.8 Å². The van der Waals surface area contributed by atoms with Crippen LogP contribution in [-0.4, -0.2) is 29.9 Å². The van der Waals surface area contributed by atoms with E-state index in [1.807, 2.05) is 36.0 Å². The minimum atomic E-state index is -3.93. The van der Waals surface area contributed by atoms with Crippen LogP contribution in [0.25, 0.3) is 10.8 Å². The highest BCUT2D eigenvalue weighted by atomic mass is 32.2. The first-order valence-corrected chi connectivity index (χ1v) is 13.8. The maximum Gasteiger partial charge on any atom is 0.391 e. The fourth-order valence-electron chi connectivity index (χ4n) is 4.34. The number of methoxy groups -OCH3 is 1. The predicted molar refractivity (Wildman–Crippen MR) is 144 cm³/mol. The second-order valence-electron chi connectivity index (χ2n) is 9.05. The number of halogens is 3. The largest absolute Gasteiger partial charge is 0.481 e. The van der Waals surface area contributed by atoms with E-state index in [4.69, 9.17) is 4.74 Å². The number of nitrogens with zero attached hydrogens (tertiary/aromatic N) is 1. The van der Waals surface area contributed by atoms with E-state index < -0.39 is 12.1 Å². The zero-order chi connectivity index (χ0) is 26.8. The summed E-state index contributed by atoms with van der Waals surface area (Å²) in [5.74, 6) is 0.568. The Hall–Kier alpha value is -2.74. The van der Waals surface area contributed by atoms with Gasteiger partial charge in [0.05, 0.1) is 13.0 Å². The van der Waals surface area contributed by atoms with Gasteiger partial charge in [0, 0.05) is 28.1 Å². The summed E-state index contributed by atoms with van der Waals surface area (Å²) >= 11 is 1.81. The van der Waals surface area contributed by atoms with Crippen molar-refractivity contribution < 1.29 is 22.7 Å². The monoisotopic (exact) mass is 532 g/mol. The van der Waals surface area contributed by atoms with Gasteiger partial charge < -0.3 is 10.1 Å². The molecule has 1 fully saturated rings. The number of hydrogen-bond acceptors (Lipinski definition) is 4. The number of ether oxygens (including phenoxy) is 1. The van der Waals surface area contributed by atoms with Crippen LogP contribution in [0, 0.1) is 5.92 Å². The van der Waals surface area contributed by atoms with Crippen LogP contribution >= 0.6 is 11.8 Å². The number of fused-ring (bicyclic) bond motifs is 1. The van der Waals surface area contributed by atoms with Crippen molar-refractivity contribution in [3.8, 4) is 5.88 Å². The first-order chi connectivity index (χ1) is 17.7. The van der Waals surface area contributed by atoms with E-state index >= 15 is 0 Å². The van der Waals surface area contributed by atoms with Gasteiger partial charge in [-0.3, -0.25) is 4.79 Å². The van der Waals surface area contributed by atoms with Crippen LogP contribution in [0.5, 0.6) is 5.88 Å². The van der Waals surface area contributed by atoms with Crippen molar-refractivity contribution in [2.45, 2.75) is 70.0 Å². The summed E-state index contributed by atoms with van der Waals surface area (Å²) in [6, 6.07) is 15.9. The number of alkyl halides is 3. The zero-order valence-corrected chi connectivity index (χ0v) is 22.5. The number of benzene rings is 2. The second kappa shape index (κ2) is 13.7. The fraction of sp³-hybridized carbons (Fsp3) is 0.448. The quantitative estimate of drug-likeness (QED) is 0.314. The zero-order valence-electron chi connectivity index (χ0n) is 21.7. The van der Waals surface area contributed by atoms with E-state index in [1.165, 1.54) is 4.90 Å². The Bertz CT molecular complexity index is 1160. The SMILES string of the molecule is CCSc1ccc(CNC(=O)c2ccc3c(OC)nc(CC)cc3c2)cc1.FC(F)(F)C1CCCCC1. The molecule has 1 N–H and O–H groups in total. The molecule has 200 valence electrons. The number of amides is 1. The number of nitrogens with one attached hydrogen (secondary N) is 1. The van der Waals surface area contributed by atoms with Gasteiger partial charge in [0.1, 0.15) is 0 Å². The number of aryl methyl sites for hydroxylation is 1. The molecule has 0 atom stereocenters. The number of thioether (sulfide) groups is 1. The summed E-state index contributed by atoms with van der Waals surface area (Å²) in [6.45, 7) is 4.69. The van der Waals surface area contributed by atoms with Crippen molar-refractivity contribution in [3.05, 3.63) is 65.4 Å². The van der Waals surface area contributed by atoms with E-state index in [1.54, 1.807) is 7.11 Å². The van der Waals surface area contributed by atoms with Crippen LogP contribution in [0.1, 0.15) is 67.6 Å². The highest BCUT2D eigenvalue weighted by Gasteiger charge is 2.39. The molecule has 1 saturated carbocycles. The van der Waals surface area contributed by atoms with Crippen molar-refractivity contribution >= 4 is 28.4 Å². The van der Waals surface area contributed by atoms with Crippen LogP contribution in [0.4, 0.5) is 13.2 Å². The van der Waals surface area contributed by atoms with Crippen molar-refractivity contribution in [3.63, 3.8) is 0 Å². The first-order valence-electron chi connectivity index (χ1n) is 12.8. The van der Waals surface area contributed by atoms with Gasteiger partial charge in [0.25, 0.3) is 5.91 Å². The molecule has 0 bridgehead atoms. The number of aromatic nitrogens is 1. The maximum absolute atomic E-state index is 12.6. The van der Waals surface area contributed by atoms with E-state index in [0.717, 1.165) is 53.5 Å². The first kappa shape index (κ1) is 28.8. The highest BCUT2D eigenvalue weighted by molar-refractivity contribution is 7.99. The number of pyridine rings is 1. The minimum absolute atomic E-state index is 0.0854. The second-order valence-corrected chi connectivity index (χ2v) is 10.4. The molecule has 1 aromatic heterocycles. The lowest BCUT2D eigenvalue weighted by atomic mass is 9.89. The summed E-state index contributed by atoms with van der Waals surface area (Å²) < 4.78 is 41.2. The molecule has 0 spiro atoms. The summed E-state index contributed by atoms with van der Waals surface area (Å²) in [6.07, 6.45) is 0.0728. The Kier molecular flexibility index (Phi) is 10.7. The Labute approximate surface area is 221 Å². The van der Waals surface area contributed by atoms with Gasteiger partial charge in [0.2, 0.25) is 5.88 Å². The lowest BCUT2D eigenvalue weighted by Gasteiger charge is -2.23. The molecular weight excluding hydrogens is 497 g/mol. The minimum Gasteiger partial charge on any atom is -0.481 e. The summed E-state index contributed by atoms with van der Waals surface area (Å²) in [5, 5.41) is 4.87. The van der Waals surface area contributed by atoms with Gasteiger partial charge >= 0.3 is 6.18 Å². The molecule has 1 amide bonds. The molecular formula is C29H35F3N2O2S. The van der Waals surface area contributed by atoms with Gasteiger partial charge in [-0.25, -0.2) is 4.98 Å². The van der Waals surface area contributed by atoms with Crippen LogP contribution in [0.15, 0.2) is 53.4 Å². The molecule has 8 heteroatoms. The average molecular weight is 533 g/mol. The molecule has 1 aliphatic rings. The van der Waals surface area contributed by atoms with Crippen molar-refractivity contribution in [2.24, 2.45) is 5.92 Å². The molecule has 1 aliphatic carbocycles. The number of carbonyl (C=O) groups is 1. The molecule has 2 aromatic carbocycles. The predicted octanol–water partition coefficient (Wildman–Crippen LogP) is 7.98. The highest BCUT2D eigenvalue weighted by Crippen LogP contribution is 2.37. The van der Waals surface area contributed by atoms with Crippen LogP contribution in [-0.2, 0) is 13.0 Å². The lowest BCUT2D eigenvalue weighted by Crippen LogP contribution is -2.24. The van der Waals surface area contributed by atoms with Crippen molar-refractivity contribution in [1.82, 2.24) is 10.3 Å². The molecule has 0 saturated heterocycles. The van der Waals surface area contributed by atoms with E-state index in [0.29, 0.717) is 30.8 Å². The molecule has 37 heavy (non-hydrogen) atoms. The Morgan fingerprint density at radius 1 is 1.05 bits per heavy atom. The third kappa shape index (κ3) is 8.38. The smallest absolute Gasteiger partial charge is 0.391 e. The third-order valence-corrected chi connectivity index (χ3v) is 7.32. The van der Waals surface area contributed by atoms with Crippen molar-refractivity contribution in [1.29, 1.82) is 0 Å². The Morgan fingerprint density at radius 2 is 1.76 bits per heavy atom. The topological polar surface area (TPSA) is 51.2 Å². The fourth-order valence-corrected chi connectivity index (χ4v) is 5.00. The average Bonchev–Trinajstić information content (AvgIpc) is 2.92. The maximum atomic E-state index is 12.6. The molecule has 0 aliphatic heterocycles. The third-order valence-electron chi connectivity index (χ3n) is 6.42. The van der Waals surface area contributed by atoms with Gasteiger partial charge in [-0.2, -0.15) is 13.2 Å². The normalized spacial score (nSPS) is 14.1. The number of carbonyl (C=O) groups excluding carboxylic acids is 1. The van der Waals surface area contributed by atoms with E-state index in [9.17, 15) is 18.0 Å². The summed E-state index contributed by atoms with van der Waals surface area (Å²) in [7, 11) is 1.62. The van der Waals surface area contributed by atoms with Gasteiger partial charge in [-0.1, -0.05) is 45.2 Å². The van der Waals surface area contributed by atoms with Gasteiger partial charge in [-0.05, 0) is 72.4 Å². The van der Waals surface area contributed by atoms with E-state index in [2.05, 4.69) is 48.4 Å². The van der Waals surface area contributed by atoms with Crippen LogP contribution < -0.4 is 10.1 Å². The van der Waals surface area contributed by atoms with Crippen LogP contribution in [0.3, 0.4) is 0 Å². The number of hydrogen-bond donors (Lipinski definition) is 1. The molecule has 3 aromatic rings. The molecule has 0 unspecified atom stereocenters. The summed E-state index contributed by atoms with van der Waals surface area (Å²) in [4.78, 5) is 18.3.